The number of benzene rings is 4. The fourth-order valence-corrected chi connectivity index (χ4v) is 7.88. The third-order valence-electron chi connectivity index (χ3n) is 8.64. The van der Waals surface area contributed by atoms with Gasteiger partial charge in [0, 0.05) is 17.7 Å². The van der Waals surface area contributed by atoms with Crippen LogP contribution in [-0.4, -0.2) is 35.1 Å². The lowest BCUT2D eigenvalue weighted by atomic mass is 9.54. The number of Topliss-reactive ketones (excluding diaryl/α,β-unsaturated/α-hetero) is 1. The van der Waals surface area contributed by atoms with Gasteiger partial charge in [-0.2, -0.15) is 0 Å². The van der Waals surface area contributed by atoms with Crippen LogP contribution in [-0.2, 0) is 24.1 Å². The van der Waals surface area contributed by atoms with Crippen molar-refractivity contribution in [2.24, 2.45) is 11.8 Å². The van der Waals surface area contributed by atoms with Crippen LogP contribution >= 0.6 is 23.2 Å². The van der Waals surface area contributed by atoms with Crippen LogP contribution in [0.4, 0.5) is 11.4 Å². The van der Waals surface area contributed by atoms with Gasteiger partial charge < -0.3 is 4.74 Å². The van der Waals surface area contributed by atoms with Crippen LogP contribution in [0.2, 0.25) is 0 Å². The minimum absolute atomic E-state index is 0.0123. The molecular formula is C33H20Cl2N2O7. The third-order valence-corrected chi connectivity index (χ3v) is 9.92. The third kappa shape index (κ3) is 3.72. The summed E-state index contributed by atoms with van der Waals surface area (Å²) in [4.78, 5) is 62.6. The average molecular weight is 627 g/mol. The highest BCUT2D eigenvalue weighted by Gasteiger charge is 2.73. The molecule has 2 bridgehead atoms. The number of alkyl halides is 2. The maximum atomic E-state index is 14.2. The monoisotopic (exact) mass is 626 g/mol. The van der Waals surface area contributed by atoms with Crippen molar-refractivity contribution in [1.29, 1.82) is 0 Å². The van der Waals surface area contributed by atoms with Gasteiger partial charge in [-0.25, -0.2) is 9.69 Å². The molecule has 2 atom stereocenters. The number of halogens is 2. The highest BCUT2D eigenvalue weighted by molar-refractivity contribution is 6.38. The molecule has 218 valence electrons. The zero-order valence-electron chi connectivity index (χ0n) is 22.6. The van der Waals surface area contributed by atoms with Crippen LogP contribution < -0.4 is 4.90 Å². The van der Waals surface area contributed by atoms with E-state index >= 15 is 0 Å². The SMILES string of the molecule is O=C(COC(=O)c1cccc(N2C(=O)[C@H]3[C@H](C2=O)C2(Cl)c4ccccc4C3(Cl)c3ccccc32)c1)c1cccc([N+](=O)[O-])c1. The molecule has 0 aromatic heterocycles. The molecule has 4 aromatic carbocycles. The van der Waals surface area contributed by atoms with Crippen LogP contribution in [0, 0.1) is 22.0 Å². The number of esters is 1. The Balaban J connectivity index is 1.20. The lowest BCUT2D eigenvalue weighted by Crippen LogP contribution is -2.57. The van der Waals surface area contributed by atoms with Gasteiger partial charge in [-0.3, -0.25) is 24.5 Å². The first-order valence-electron chi connectivity index (χ1n) is 13.6. The number of rotatable bonds is 6. The van der Waals surface area contributed by atoms with Crippen LogP contribution in [0.3, 0.4) is 0 Å². The number of imide groups is 1. The summed E-state index contributed by atoms with van der Waals surface area (Å²) in [6.07, 6.45) is 0. The van der Waals surface area contributed by atoms with E-state index in [2.05, 4.69) is 0 Å². The lowest BCUT2D eigenvalue weighted by Gasteiger charge is -2.54. The minimum atomic E-state index is -1.35. The van der Waals surface area contributed by atoms with Gasteiger partial charge in [0.05, 0.1) is 28.0 Å². The number of anilines is 1. The van der Waals surface area contributed by atoms with Crippen molar-refractivity contribution in [2.45, 2.75) is 9.75 Å². The van der Waals surface area contributed by atoms with Gasteiger partial charge in [-0.05, 0) is 40.5 Å². The number of hydrogen-bond donors (Lipinski definition) is 0. The first kappa shape index (κ1) is 27.9. The highest BCUT2D eigenvalue weighted by Crippen LogP contribution is 2.69. The summed E-state index contributed by atoms with van der Waals surface area (Å²) in [5.41, 5.74) is 2.54. The summed E-state index contributed by atoms with van der Waals surface area (Å²) in [5.74, 6) is -4.64. The minimum Gasteiger partial charge on any atom is -0.454 e. The Hall–Kier alpha value is -4.86. The normalized spacial score (nSPS) is 24.4. The van der Waals surface area contributed by atoms with Crippen molar-refractivity contribution in [1.82, 2.24) is 0 Å². The van der Waals surface area contributed by atoms with Crippen molar-refractivity contribution in [3.8, 4) is 0 Å². The molecule has 1 fully saturated rings. The topological polar surface area (TPSA) is 124 Å². The number of carbonyl (C=O) groups excluding carboxylic acids is 4. The maximum Gasteiger partial charge on any atom is 0.338 e. The Morgan fingerprint density at radius 1 is 0.750 bits per heavy atom. The largest absolute Gasteiger partial charge is 0.454 e. The smallest absolute Gasteiger partial charge is 0.338 e. The molecule has 2 amide bonds. The van der Waals surface area contributed by atoms with Crippen LogP contribution in [0.15, 0.2) is 97.1 Å². The first-order valence-corrected chi connectivity index (χ1v) is 14.3. The van der Waals surface area contributed by atoms with Gasteiger partial charge in [-0.1, -0.05) is 66.7 Å². The van der Waals surface area contributed by atoms with E-state index in [1.807, 2.05) is 48.5 Å². The number of nitro benzene ring substituents is 1. The van der Waals surface area contributed by atoms with Crippen molar-refractivity contribution < 1.29 is 28.8 Å². The number of non-ortho nitro benzene ring substituents is 1. The van der Waals surface area contributed by atoms with Crippen LogP contribution in [0.5, 0.6) is 0 Å². The number of ketones is 1. The van der Waals surface area contributed by atoms with Gasteiger partial charge in [0.25, 0.3) is 5.69 Å². The van der Waals surface area contributed by atoms with E-state index in [4.69, 9.17) is 27.9 Å². The Kier molecular flexibility index (Phi) is 6.25. The van der Waals surface area contributed by atoms with E-state index in [0.29, 0.717) is 22.3 Å². The molecule has 0 N–H and O–H groups in total. The number of nitrogens with zero attached hydrogens (tertiary/aromatic N) is 2. The molecule has 8 rings (SSSR count). The zero-order valence-corrected chi connectivity index (χ0v) is 24.1. The predicted octanol–water partition coefficient (Wildman–Crippen LogP) is 5.73. The fourth-order valence-electron chi connectivity index (χ4n) is 6.78. The van der Waals surface area contributed by atoms with Gasteiger partial charge in [0.2, 0.25) is 17.6 Å². The maximum absolute atomic E-state index is 14.2. The summed E-state index contributed by atoms with van der Waals surface area (Å²) < 4.78 is 5.18. The molecule has 3 aliphatic carbocycles. The van der Waals surface area contributed by atoms with Gasteiger partial charge in [0.1, 0.15) is 9.75 Å². The molecule has 1 saturated heterocycles. The Morgan fingerprint density at radius 3 is 1.77 bits per heavy atom. The summed E-state index contributed by atoms with van der Waals surface area (Å²) in [7, 11) is 0. The summed E-state index contributed by atoms with van der Waals surface area (Å²) in [5, 5.41) is 11.0. The second-order valence-corrected chi connectivity index (χ2v) is 12.0. The lowest BCUT2D eigenvalue weighted by molar-refractivity contribution is -0.384. The molecule has 9 nitrogen and oxygen atoms in total. The molecular weight excluding hydrogens is 607 g/mol. The van der Waals surface area contributed by atoms with E-state index < -0.39 is 56.7 Å². The van der Waals surface area contributed by atoms with Gasteiger partial charge in [-0.15, -0.1) is 23.2 Å². The Bertz CT molecular complexity index is 1840. The van der Waals surface area contributed by atoms with Crippen molar-refractivity contribution >= 4 is 58.1 Å². The number of nitro groups is 1. The van der Waals surface area contributed by atoms with Crippen molar-refractivity contribution in [3.63, 3.8) is 0 Å². The molecule has 1 aliphatic heterocycles. The Morgan fingerprint density at radius 2 is 1.25 bits per heavy atom. The quantitative estimate of drug-likeness (QED) is 0.0668. The van der Waals surface area contributed by atoms with Crippen molar-refractivity contribution in [3.05, 3.63) is 141 Å². The van der Waals surface area contributed by atoms with E-state index in [9.17, 15) is 29.3 Å². The molecule has 4 aromatic rings. The second kappa shape index (κ2) is 9.83. The number of hydrogen-bond acceptors (Lipinski definition) is 7. The molecule has 1 heterocycles. The van der Waals surface area contributed by atoms with E-state index in [0.717, 1.165) is 11.0 Å². The van der Waals surface area contributed by atoms with Crippen LogP contribution in [0.25, 0.3) is 0 Å². The van der Waals surface area contributed by atoms with Gasteiger partial charge in [0.15, 0.2) is 6.61 Å². The summed E-state index contributed by atoms with van der Waals surface area (Å²) in [6, 6.07) is 25.4. The van der Waals surface area contributed by atoms with E-state index in [1.54, 1.807) is 0 Å². The molecule has 11 heteroatoms. The molecule has 0 saturated carbocycles. The highest BCUT2D eigenvalue weighted by atomic mass is 35.5. The fraction of sp³-hybridized carbons (Fsp3) is 0.152. The zero-order chi connectivity index (χ0) is 31.0. The first-order chi connectivity index (χ1) is 21.1. The standard InChI is InChI=1S/C33H20Cl2N2O7/c34-32-22-11-1-2-12-23(22)33(35,25-14-4-3-13-24(25)32)28-27(32)29(39)36(30(28)40)20-9-6-8-19(16-20)31(41)44-17-26(38)18-7-5-10-21(15-18)37(42)43/h1-16,27-28H,17H2/t27-,28-,32?,33?/m1/s1. The van der Waals surface area contributed by atoms with E-state index in [1.165, 1.54) is 42.5 Å². The van der Waals surface area contributed by atoms with Crippen molar-refractivity contribution in [2.75, 3.05) is 11.5 Å². The summed E-state index contributed by atoms with van der Waals surface area (Å²) in [6.45, 7) is -0.671. The van der Waals surface area contributed by atoms with Gasteiger partial charge >= 0.3 is 5.97 Å². The molecule has 4 aliphatic rings. The molecule has 0 radical (unpaired) electrons. The summed E-state index contributed by atoms with van der Waals surface area (Å²) >= 11 is 14.9. The number of amides is 2. The number of ether oxygens (including phenoxy) is 1. The Labute approximate surface area is 260 Å². The second-order valence-electron chi connectivity index (χ2n) is 10.8. The molecule has 0 unspecified atom stereocenters. The molecule has 44 heavy (non-hydrogen) atoms. The van der Waals surface area contributed by atoms with E-state index in [-0.39, 0.29) is 22.5 Å². The molecule has 0 spiro atoms. The predicted molar refractivity (Wildman–Crippen MR) is 160 cm³/mol. The van der Waals surface area contributed by atoms with Crippen LogP contribution in [0.1, 0.15) is 43.0 Å². The number of carbonyl (C=O) groups is 4. The average Bonchev–Trinajstić information content (AvgIpc) is 3.33.